The Morgan fingerprint density at radius 3 is 2.62 bits per heavy atom. The van der Waals surface area contributed by atoms with Gasteiger partial charge in [0.2, 0.25) is 11.7 Å². The number of carbonyl (C=O) groups is 3. The summed E-state index contributed by atoms with van der Waals surface area (Å²) in [6.45, 7) is 0.673. The van der Waals surface area contributed by atoms with Gasteiger partial charge in [-0.3, -0.25) is 9.59 Å². The van der Waals surface area contributed by atoms with Crippen LogP contribution in [0.2, 0.25) is 0 Å². The minimum Gasteiger partial charge on any atom is -0.481 e. The molecule has 162 valence electrons. The Kier molecular flexibility index (Phi) is 9.18. The molecule has 1 saturated heterocycles. The molecule has 2 rings (SSSR count). The molecule has 1 aromatic rings. The van der Waals surface area contributed by atoms with Crippen molar-refractivity contribution in [3.8, 4) is 0 Å². The van der Waals surface area contributed by atoms with Crippen molar-refractivity contribution in [2.45, 2.75) is 82.8 Å². The number of likely N-dealkylation sites (tertiary alicyclic amines) is 1. The highest BCUT2D eigenvalue weighted by Gasteiger charge is 2.28. The molecule has 29 heavy (non-hydrogen) atoms. The molecule has 8 heteroatoms. The average molecular weight is 409 g/mol. The van der Waals surface area contributed by atoms with Crippen LogP contribution in [0.25, 0.3) is 0 Å². The summed E-state index contributed by atoms with van der Waals surface area (Å²) in [6, 6.07) is 3.05. The third-order valence-corrected chi connectivity index (χ3v) is 5.37. The number of hydrogen-bond acceptors (Lipinski definition) is 5. The molecule has 0 spiro atoms. The highest BCUT2D eigenvalue weighted by molar-refractivity contribution is 5.84. The van der Waals surface area contributed by atoms with E-state index in [0.717, 1.165) is 32.1 Å². The van der Waals surface area contributed by atoms with Crippen molar-refractivity contribution in [3.63, 3.8) is 0 Å². The summed E-state index contributed by atoms with van der Waals surface area (Å²) in [5.74, 6) is -1.46. The minimum atomic E-state index is -1.13. The zero-order valence-corrected chi connectivity index (χ0v) is 16.7. The van der Waals surface area contributed by atoms with Gasteiger partial charge < -0.3 is 24.6 Å². The lowest BCUT2D eigenvalue weighted by Crippen LogP contribution is -2.44. The molecule has 2 atom stereocenters. The molecule has 1 amide bonds. The smallest absolute Gasteiger partial charge is 0.371 e. The van der Waals surface area contributed by atoms with Gasteiger partial charge in [0.15, 0.2) is 0 Å². The van der Waals surface area contributed by atoms with E-state index in [0.29, 0.717) is 38.0 Å². The van der Waals surface area contributed by atoms with Crippen molar-refractivity contribution in [2.24, 2.45) is 0 Å². The molecular formula is C21H31NO7. The summed E-state index contributed by atoms with van der Waals surface area (Å²) in [6.07, 6.45) is 6.58. The number of nitrogens with zero attached hydrogens (tertiary/aromatic N) is 1. The molecule has 0 radical (unpaired) electrons. The number of aliphatic hydroxyl groups excluding tert-OH is 1. The second kappa shape index (κ2) is 11.6. The van der Waals surface area contributed by atoms with Crippen molar-refractivity contribution in [2.75, 3.05) is 6.54 Å². The number of carboxylic acid groups (broad SMARTS) is 2. The number of furan rings is 1. The van der Waals surface area contributed by atoms with Crippen molar-refractivity contribution in [3.05, 3.63) is 23.7 Å². The summed E-state index contributed by atoms with van der Waals surface area (Å²) in [5, 5.41) is 27.8. The van der Waals surface area contributed by atoms with E-state index >= 15 is 0 Å². The highest BCUT2D eigenvalue weighted by atomic mass is 16.4. The van der Waals surface area contributed by atoms with Crippen molar-refractivity contribution in [1.29, 1.82) is 0 Å². The van der Waals surface area contributed by atoms with Crippen LogP contribution in [0.15, 0.2) is 16.5 Å². The van der Waals surface area contributed by atoms with Crippen LogP contribution in [0, 0.1) is 0 Å². The number of piperidine rings is 1. The van der Waals surface area contributed by atoms with Gasteiger partial charge in [-0.05, 0) is 50.7 Å². The fourth-order valence-corrected chi connectivity index (χ4v) is 3.83. The molecule has 3 N–H and O–H groups in total. The van der Waals surface area contributed by atoms with Gasteiger partial charge in [0.25, 0.3) is 0 Å². The van der Waals surface area contributed by atoms with Crippen molar-refractivity contribution in [1.82, 2.24) is 4.90 Å². The van der Waals surface area contributed by atoms with Gasteiger partial charge >= 0.3 is 11.9 Å². The van der Waals surface area contributed by atoms with Crippen LogP contribution < -0.4 is 0 Å². The molecular weight excluding hydrogens is 378 g/mol. The van der Waals surface area contributed by atoms with Crippen LogP contribution in [-0.4, -0.2) is 56.8 Å². The molecule has 8 nitrogen and oxygen atoms in total. The van der Waals surface area contributed by atoms with Gasteiger partial charge in [0.05, 0.1) is 6.10 Å². The number of aliphatic hydroxyl groups is 1. The minimum absolute atomic E-state index is 0.108. The normalized spacial score (nSPS) is 18.0. The number of amides is 1. The van der Waals surface area contributed by atoms with E-state index in [2.05, 4.69) is 0 Å². The number of unbranched alkanes of at least 4 members (excludes halogenated alkanes) is 3. The zero-order valence-electron chi connectivity index (χ0n) is 16.7. The van der Waals surface area contributed by atoms with Gasteiger partial charge in [0, 0.05) is 31.8 Å². The molecule has 1 aliphatic rings. The van der Waals surface area contributed by atoms with E-state index in [9.17, 15) is 19.5 Å². The van der Waals surface area contributed by atoms with E-state index in [4.69, 9.17) is 14.6 Å². The summed E-state index contributed by atoms with van der Waals surface area (Å²) in [5.41, 5.74) is 0. The van der Waals surface area contributed by atoms with Crippen LogP contribution in [0.3, 0.4) is 0 Å². The molecule has 2 heterocycles. The van der Waals surface area contributed by atoms with Gasteiger partial charge in [0.1, 0.15) is 5.76 Å². The summed E-state index contributed by atoms with van der Waals surface area (Å²) in [4.78, 5) is 35.6. The van der Waals surface area contributed by atoms with E-state index in [-0.39, 0.29) is 30.6 Å². The summed E-state index contributed by atoms with van der Waals surface area (Å²) >= 11 is 0. The lowest BCUT2D eigenvalue weighted by atomic mass is 9.95. The van der Waals surface area contributed by atoms with Crippen molar-refractivity contribution >= 4 is 17.8 Å². The molecule has 1 aromatic heterocycles. The van der Waals surface area contributed by atoms with E-state index in [1.165, 1.54) is 6.07 Å². The van der Waals surface area contributed by atoms with E-state index in [1.54, 1.807) is 6.07 Å². The Hall–Kier alpha value is -2.35. The predicted octanol–water partition coefficient (Wildman–Crippen LogP) is 3.08. The number of carboxylic acids is 2. The largest absolute Gasteiger partial charge is 0.481 e. The average Bonchev–Trinajstić information content (AvgIpc) is 3.12. The third kappa shape index (κ3) is 7.89. The molecule has 0 bridgehead atoms. The summed E-state index contributed by atoms with van der Waals surface area (Å²) in [7, 11) is 0. The number of aliphatic carboxylic acids is 1. The summed E-state index contributed by atoms with van der Waals surface area (Å²) < 4.78 is 5.18. The SMILES string of the molecule is O=C(O)CCCCCCN1C(=O)CCC[C@@H]1CCC(O)Cc1ccc(C(=O)O)o1. The maximum atomic E-state index is 12.3. The number of hydrogen-bond donors (Lipinski definition) is 3. The first-order valence-electron chi connectivity index (χ1n) is 10.4. The Bertz CT molecular complexity index is 684. The Morgan fingerprint density at radius 1 is 1.17 bits per heavy atom. The Labute approximate surface area is 170 Å². The first kappa shape index (κ1) is 22.9. The number of carbonyl (C=O) groups excluding carboxylic acids is 1. The first-order chi connectivity index (χ1) is 13.9. The van der Waals surface area contributed by atoms with Gasteiger partial charge in [-0.25, -0.2) is 4.79 Å². The monoisotopic (exact) mass is 409 g/mol. The first-order valence-corrected chi connectivity index (χ1v) is 10.4. The molecule has 1 fully saturated rings. The lowest BCUT2D eigenvalue weighted by molar-refractivity contribution is -0.137. The van der Waals surface area contributed by atoms with Crippen LogP contribution in [0.4, 0.5) is 0 Å². The molecule has 0 saturated carbocycles. The number of rotatable bonds is 13. The fraction of sp³-hybridized carbons (Fsp3) is 0.667. The molecule has 0 aromatic carbocycles. The predicted molar refractivity (Wildman–Crippen MR) is 105 cm³/mol. The zero-order chi connectivity index (χ0) is 21.2. The maximum Gasteiger partial charge on any atom is 0.371 e. The second-order valence-corrected chi connectivity index (χ2v) is 7.70. The third-order valence-electron chi connectivity index (χ3n) is 5.37. The fourth-order valence-electron chi connectivity index (χ4n) is 3.83. The van der Waals surface area contributed by atoms with E-state index < -0.39 is 18.0 Å². The molecule has 1 aliphatic heterocycles. The van der Waals surface area contributed by atoms with Crippen LogP contribution >= 0.6 is 0 Å². The second-order valence-electron chi connectivity index (χ2n) is 7.70. The maximum absolute atomic E-state index is 12.3. The van der Waals surface area contributed by atoms with Crippen LogP contribution in [0.5, 0.6) is 0 Å². The van der Waals surface area contributed by atoms with Gasteiger partial charge in [-0.1, -0.05) is 12.8 Å². The topological polar surface area (TPSA) is 128 Å². The molecule has 0 aliphatic carbocycles. The Balaban J connectivity index is 1.74. The Morgan fingerprint density at radius 2 is 1.93 bits per heavy atom. The quantitative estimate of drug-likeness (QED) is 0.427. The van der Waals surface area contributed by atoms with Gasteiger partial charge in [-0.2, -0.15) is 0 Å². The molecule has 1 unspecified atom stereocenters. The van der Waals surface area contributed by atoms with Crippen LogP contribution in [-0.2, 0) is 16.0 Å². The van der Waals surface area contributed by atoms with E-state index in [1.807, 2.05) is 4.90 Å². The van der Waals surface area contributed by atoms with Gasteiger partial charge in [-0.15, -0.1) is 0 Å². The standard InChI is InChI=1S/C21H31NO7/c23-16(14-17-11-12-18(29-17)21(27)28)10-9-15-6-5-7-19(24)22(15)13-4-2-1-3-8-20(25)26/h11-12,15-16,23H,1-10,13-14H2,(H,25,26)(H,27,28)/t15-,16?/m1/s1. The van der Waals surface area contributed by atoms with Crippen molar-refractivity contribution < 1.29 is 34.1 Å². The number of aromatic carboxylic acids is 1. The van der Waals surface area contributed by atoms with Crippen LogP contribution in [0.1, 0.15) is 80.5 Å². The highest BCUT2D eigenvalue weighted by Crippen LogP contribution is 2.24. The lowest BCUT2D eigenvalue weighted by Gasteiger charge is -2.36.